The van der Waals surface area contributed by atoms with Crippen LogP contribution in [0.3, 0.4) is 0 Å². The zero-order chi connectivity index (χ0) is 14.8. The van der Waals surface area contributed by atoms with Gasteiger partial charge in [-0.2, -0.15) is 0 Å². The molecule has 4 nitrogen and oxygen atoms in total. The van der Waals surface area contributed by atoms with Gasteiger partial charge in [-0.05, 0) is 43.1 Å². The van der Waals surface area contributed by atoms with Crippen molar-refractivity contribution in [1.82, 2.24) is 9.62 Å². The molecule has 0 bridgehead atoms. The average Bonchev–Trinajstić information content (AvgIpc) is 2.82. The van der Waals surface area contributed by atoms with Crippen molar-refractivity contribution in [3.05, 3.63) is 35.1 Å². The second kappa shape index (κ2) is 6.20. The molecule has 1 heterocycles. The summed E-state index contributed by atoms with van der Waals surface area (Å²) in [4.78, 5) is 2.11. The molecular weight excluding hydrogens is 279 g/mol. The number of hydrogen-bond donors (Lipinski definition) is 1. The van der Waals surface area contributed by atoms with Gasteiger partial charge in [-0.1, -0.05) is 13.0 Å². The summed E-state index contributed by atoms with van der Waals surface area (Å²) < 4.78 is 39.5. The molecule has 0 aliphatic carbocycles. The molecule has 1 aromatic rings. The van der Waals surface area contributed by atoms with E-state index in [1.165, 1.54) is 12.1 Å². The maximum Gasteiger partial charge on any atom is 0.215 e. The van der Waals surface area contributed by atoms with Gasteiger partial charge in [-0.3, -0.25) is 4.90 Å². The number of likely N-dealkylation sites (tertiary alicyclic amines) is 1. The van der Waals surface area contributed by atoms with Crippen molar-refractivity contribution < 1.29 is 12.8 Å². The van der Waals surface area contributed by atoms with E-state index in [1.54, 1.807) is 13.0 Å². The molecule has 20 heavy (non-hydrogen) atoms. The molecule has 1 aliphatic rings. The molecule has 0 saturated carbocycles. The van der Waals surface area contributed by atoms with Gasteiger partial charge < -0.3 is 0 Å². The van der Waals surface area contributed by atoms with Crippen molar-refractivity contribution in [3.63, 3.8) is 0 Å². The van der Waals surface area contributed by atoms with Crippen molar-refractivity contribution in [3.8, 4) is 0 Å². The molecule has 0 aromatic heterocycles. The lowest BCUT2D eigenvalue weighted by atomic mass is 10.1. The third-order valence-electron chi connectivity index (χ3n) is 3.71. The Hall–Kier alpha value is -0.980. The highest BCUT2D eigenvalue weighted by molar-refractivity contribution is 7.90. The lowest BCUT2D eigenvalue weighted by molar-refractivity contribution is 0.330. The molecule has 0 unspecified atom stereocenters. The molecule has 0 radical (unpaired) electrons. The second-order valence-electron chi connectivity index (χ2n) is 5.26. The smallest absolute Gasteiger partial charge is 0.215 e. The van der Waals surface area contributed by atoms with Crippen LogP contribution in [0.4, 0.5) is 4.39 Å². The Kier molecular flexibility index (Phi) is 4.78. The Balaban J connectivity index is 2.00. The molecule has 1 fully saturated rings. The fraction of sp³-hybridized carbons (Fsp3) is 0.571. The molecule has 112 valence electrons. The number of nitrogens with one attached hydrogen (secondary N) is 1. The number of benzene rings is 1. The van der Waals surface area contributed by atoms with E-state index in [9.17, 15) is 12.8 Å². The van der Waals surface area contributed by atoms with Gasteiger partial charge in [0, 0.05) is 19.6 Å². The van der Waals surface area contributed by atoms with Gasteiger partial charge >= 0.3 is 0 Å². The Morgan fingerprint density at radius 1 is 1.45 bits per heavy atom. The minimum Gasteiger partial charge on any atom is -0.298 e. The molecular formula is C14H21FN2O2S. The largest absolute Gasteiger partial charge is 0.298 e. The minimum atomic E-state index is -3.20. The van der Waals surface area contributed by atoms with Crippen LogP contribution in [0.5, 0.6) is 0 Å². The summed E-state index contributed by atoms with van der Waals surface area (Å²) in [7, 11) is -3.20. The predicted octanol–water partition coefficient (Wildman–Crippen LogP) is 1.65. The van der Waals surface area contributed by atoms with E-state index in [0.717, 1.165) is 17.7 Å². The van der Waals surface area contributed by atoms with E-state index >= 15 is 0 Å². The first-order valence-electron chi connectivity index (χ1n) is 6.88. The number of aryl methyl sites for hydroxylation is 1. The van der Waals surface area contributed by atoms with Gasteiger partial charge in [0.2, 0.25) is 10.0 Å². The van der Waals surface area contributed by atoms with E-state index in [1.807, 2.05) is 6.92 Å². The summed E-state index contributed by atoms with van der Waals surface area (Å²) in [6.07, 6.45) is 0.648. The zero-order valence-corrected chi connectivity index (χ0v) is 12.7. The molecule has 6 heteroatoms. The standard InChI is InChI=1S/C14H21FN2O2S/c1-3-16-20(18,19)14-6-7-17(10-14)9-12-4-5-13(15)8-11(12)2/h4-5,8,14,16H,3,6-7,9-10H2,1-2H3/t14-/m1/s1. The highest BCUT2D eigenvalue weighted by atomic mass is 32.2. The fourth-order valence-electron chi connectivity index (χ4n) is 2.59. The highest BCUT2D eigenvalue weighted by Gasteiger charge is 2.32. The van der Waals surface area contributed by atoms with Crippen LogP contribution in [0.15, 0.2) is 18.2 Å². The molecule has 1 aliphatic heterocycles. The van der Waals surface area contributed by atoms with E-state index in [4.69, 9.17) is 0 Å². The summed E-state index contributed by atoms with van der Waals surface area (Å²) in [5.41, 5.74) is 1.95. The first-order valence-corrected chi connectivity index (χ1v) is 8.43. The molecule has 0 amide bonds. The van der Waals surface area contributed by atoms with Gasteiger partial charge in [-0.25, -0.2) is 17.5 Å². The van der Waals surface area contributed by atoms with E-state index < -0.39 is 10.0 Å². The van der Waals surface area contributed by atoms with Crippen molar-refractivity contribution >= 4 is 10.0 Å². The van der Waals surface area contributed by atoms with Crippen LogP contribution in [0.25, 0.3) is 0 Å². The molecule has 1 saturated heterocycles. The molecule has 1 atom stereocenters. The van der Waals surface area contributed by atoms with Crippen LogP contribution in [-0.2, 0) is 16.6 Å². The normalized spacial score (nSPS) is 20.4. The molecule has 1 aromatic carbocycles. The van der Waals surface area contributed by atoms with E-state index in [2.05, 4.69) is 9.62 Å². The zero-order valence-electron chi connectivity index (χ0n) is 11.9. The number of halogens is 1. The van der Waals surface area contributed by atoms with Crippen LogP contribution in [0, 0.1) is 12.7 Å². The molecule has 2 rings (SSSR count). The van der Waals surface area contributed by atoms with Gasteiger partial charge in [0.25, 0.3) is 0 Å². The lowest BCUT2D eigenvalue weighted by Gasteiger charge is -2.17. The predicted molar refractivity (Wildman–Crippen MR) is 77.4 cm³/mol. The van der Waals surface area contributed by atoms with Crippen LogP contribution >= 0.6 is 0 Å². The van der Waals surface area contributed by atoms with Crippen LogP contribution in [-0.4, -0.2) is 38.2 Å². The Bertz CT molecular complexity index is 575. The number of rotatable bonds is 5. The van der Waals surface area contributed by atoms with Crippen molar-refractivity contribution in [1.29, 1.82) is 0 Å². The minimum absolute atomic E-state index is 0.236. The third kappa shape index (κ3) is 3.56. The summed E-state index contributed by atoms with van der Waals surface area (Å²) in [6.45, 7) is 6.05. The van der Waals surface area contributed by atoms with Crippen LogP contribution in [0.1, 0.15) is 24.5 Å². The summed E-state index contributed by atoms with van der Waals surface area (Å²) >= 11 is 0. The Labute approximate surface area is 120 Å². The quantitative estimate of drug-likeness (QED) is 0.899. The molecule has 1 N–H and O–H groups in total. The monoisotopic (exact) mass is 300 g/mol. The SMILES string of the molecule is CCNS(=O)(=O)[C@@H]1CCN(Cc2ccc(F)cc2C)C1. The Morgan fingerprint density at radius 3 is 2.85 bits per heavy atom. The summed E-state index contributed by atoms with van der Waals surface area (Å²) in [5, 5.41) is -0.344. The van der Waals surface area contributed by atoms with E-state index in [0.29, 0.717) is 26.1 Å². The van der Waals surface area contributed by atoms with Crippen LogP contribution in [0.2, 0.25) is 0 Å². The summed E-state index contributed by atoms with van der Waals surface area (Å²) in [6, 6.07) is 4.74. The second-order valence-corrected chi connectivity index (χ2v) is 7.30. The number of hydrogen-bond acceptors (Lipinski definition) is 3. The van der Waals surface area contributed by atoms with E-state index in [-0.39, 0.29) is 11.1 Å². The van der Waals surface area contributed by atoms with Crippen molar-refractivity contribution in [2.75, 3.05) is 19.6 Å². The van der Waals surface area contributed by atoms with Crippen molar-refractivity contribution in [2.45, 2.75) is 32.1 Å². The fourth-order valence-corrected chi connectivity index (χ4v) is 4.05. The number of nitrogens with zero attached hydrogens (tertiary/aromatic N) is 1. The third-order valence-corrected chi connectivity index (χ3v) is 5.67. The van der Waals surface area contributed by atoms with Gasteiger partial charge in [0.1, 0.15) is 5.82 Å². The molecule has 0 spiro atoms. The van der Waals surface area contributed by atoms with Gasteiger partial charge in [0.15, 0.2) is 0 Å². The number of sulfonamides is 1. The maximum absolute atomic E-state index is 13.1. The van der Waals surface area contributed by atoms with Crippen LogP contribution < -0.4 is 4.72 Å². The van der Waals surface area contributed by atoms with Gasteiger partial charge in [0.05, 0.1) is 5.25 Å². The average molecular weight is 300 g/mol. The maximum atomic E-state index is 13.1. The lowest BCUT2D eigenvalue weighted by Crippen LogP contribution is -2.36. The first-order chi connectivity index (χ1) is 9.42. The topological polar surface area (TPSA) is 49.4 Å². The Morgan fingerprint density at radius 2 is 2.20 bits per heavy atom. The van der Waals surface area contributed by atoms with Gasteiger partial charge in [-0.15, -0.1) is 0 Å². The van der Waals surface area contributed by atoms with Crippen molar-refractivity contribution in [2.24, 2.45) is 0 Å². The first kappa shape index (κ1) is 15.4. The highest BCUT2D eigenvalue weighted by Crippen LogP contribution is 2.20. The summed E-state index contributed by atoms with van der Waals surface area (Å²) in [5.74, 6) is -0.236.